The van der Waals surface area contributed by atoms with Gasteiger partial charge in [-0.2, -0.15) is 0 Å². The van der Waals surface area contributed by atoms with Crippen LogP contribution in [0.4, 0.5) is 4.79 Å². The Morgan fingerprint density at radius 1 is 1.36 bits per heavy atom. The molecule has 0 unspecified atom stereocenters. The molecule has 0 saturated carbocycles. The molecule has 0 N–H and O–H groups in total. The van der Waals surface area contributed by atoms with Crippen LogP contribution in [0.5, 0.6) is 0 Å². The zero-order valence-corrected chi connectivity index (χ0v) is 12.1. The molecular weight excluding hydrogens is 282 g/mol. The first-order chi connectivity index (χ1) is 10.7. The summed E-state index contributed by atoms with van der Waals surface area (Å²) in [4.78, 5) is 26.2. The molecule has 1 amide bonds. The first kappa shape index (κ1) is 13.5. The molecule has 3 aliphatic rings. The topological polar surface area (TPSA) is 55.8 Å². The van der Waals surface area contributed by atoms with Crippen LogP contribution >= 0.6 is 0 Å². The number of hydrogen-bond donors (Lipinski definition) is 0. The summed E-state index contributed by atoms with van der Waals surface area (Å²) in [5, 5.41) is 0. The fourth-order valence-electron chi connectivity index (χ4n) is 3.62. The number of carbonyl (C=O) groups excluding carboxylic acids is 2. The van der Waals surface area contributed by atoms with Gasteiger partial charge in [0, 0.05) is 19.4 Å². The van der Waals surface area contributed by atoms with Crippen molar-refractivity contribution >= 4 is 11.9 Å². The van der Waals surface area contributed by atoms with E-state index in [1.807, 2.05) is 42.5 Å². The number of nitrogens with zero attached hydrogens (tertiary/aromatic N) is 1. The Hall–Kier alpha value is -2.14. The number of rotatable bonds is 2. The third kappa shape index (κ3) is 2.04. The van der Waals surface area contributed by atoms with Crippen molar-refractivity contribution in [2.24, 2.45) is 0 Å². The minimum atomic E-state index is -0.619. The Morgan fingerprint density at radius 3 is 3.00 bits per heavy atom. The SMILES string of the molecule is O=C1C[C@@H]2C=C[C@@]3(CCN(C(=O)OCc4ccccc4)[C@@H]13)O2. The standard InChI is InChI=1S/C17H17NO4/c19-14-10-13-6-7-17(22-13)8-9-18(15(14)17)16(20)21-11-12-4-2-1-3-5-12/h1-7,13,15H,8-11H2/t13-,15-,17-/m0/s1. The van der Waals surface area contributed by atoms with E-state index in [1.165, 1.54) is 4.90 Å². The number of ether oxygens (including phenoxy) is 2. The van der Waals surface area contributed by atoms with Gasteiger partial charge in [0.05, 0.1) is 6.10 Å². The van der Waals surface area contributed by atoms with Crippen molar-refractivity contribution in [3.8, 4) is 0 Å². The second kappa shape index (κ2) is 4.95. The number of Topliss-reactive ketones (excluding diaryl/α,β-unsaturated/α-hetero) is 1. The van der Waals surface area contributed by atoms with E-state index in [0.717, 1.165) is 5.56 Å². The van der Waals surface area contributed by atoms with Gasteiger partial charge in [0.15, 0.2) is 5.78 Å². The summed E-state index contributed by atoms with van der Waals surface area (Å²) >= 11 is 0. The fraction of sp³-hybridized carbons (Fsp3) is 0.412. The number of ketones is 1. The first-order valence-electron chi connectivity index (χ1n) is 7.55. The van der Waals surface area contributed by atoms with Crippen LogP contribution in [0.25, 0.3) is 0 Å². The Bertz CT molecular complexity index is 641. The maximum absolute atomic E-state index is 12.4. The van der Waals surface area contributed by atoms with E-state index in [4.69, 9.17) is 9.47 Å². The highest BCUT2D eigenvalue weighted by molar-refractivity contribution is 5.91. The smallest absolute Gasteiger partial charge is 0.410 e. The molecule has 0 radical (unpaired) electrons. The second-order valence-corrected chi connectivity index (χ2v) is 6.03. The lowest BCUT2D eigenvalue weighted by Gasteiger charge is -2.36. The molecule has 3 aliphatic heterocycles. The van der Waals surface area contributed by atoms with Crippen LogP contribution in [0, 0.1) is 0 Å². The fourth-order valence-corrected chi connectivity index (χ4v) is 3.62. The molecule has 5 heteroatoms. The van der Waals surface area contributed by atoms with Crippen molar-refractivity contribution in [1.29, 1.82) is 0 Å². The van der Waals surface area contributed by atoms with E-state index >= 15 is 0 Å². The van der Waals surface area contributed by atoms with E-state index in [-0.39, 0.29) is 18.5 Å². The lowest BCUT2D eigenvalue weighted by atomic mass is 9.90. The van der Waals surface area contributed by atoms with E-state index < -0.39 is 17.7 Å². The van der Waals surface area contributed by atoms with E-state index in [9.17, 15) is 9.59 Å². The van der Waals surface area contributed by atoms with Crippen LogP contribution in [0.2, 0.25) is 0 Å². The molecule has 5 nitrogen and oxygen atoms in total. The van der Waals surface area contributed by atoms with Crippen molar-refractivity contribution < 1.29 is 19.1 Å². The van der Waals surface area contributed by atoms with Crippen molar-refractivity contribution in [3.63, 3.8) is 0 Å². The van der Waals surface area contributed by atoms with Gasteiger partial charge in [-0.05, 0) is 5.56 Å². The van der Waals surface area contributed by atoms with Crippen molar-refractivity contribution in [1.82, 2.24) is 4.90 Å². The Kier molecular flexibility index (Phi) is 3.04. The van der Waals surface area contributed by atoms with Crippen molar-refractivity contribution in [3.05, 3.63) is 48.0 Å². The Morgan fingerprint density at radius 2 is 2.18 bits per heavy atom. The molecule has 22 heavy (non-hydrogen) atoms. The molecule has 1 spiro atoms. The van der Waals surface area contributed by atoms with Gasteiger partial charge >= 0.3 is 6.09 Å². The zero-order valence-electron chi connectivity index (χ0n) is 12.1. The molecule has 3 heterocycles. The van der Waals surface area contributed by atoms with Gasteiger partial charge in [0.25, 0.3) is 0 Å². The molecule has 1 aromatic rings. The number of benzene rings is 1. The van der Waals surface area contributed by atoms with Crippen LogP contribution in [0.3, 0.4) is 0 Å². The third-order valence-electron chi connectivity index (χ3n) is 4.63. The van der Waals surface area contributed by atoms with Crippen LogP contribution in [-0.4, -0.2) is 41.1 Å². The van der Waals surface area contributed by atoms with Gasteiger partial charge in [0.1, 0.15) is 18.2 Å². The summed E-state index contributed by atoms with van der Waals surface area (Å²) in [5.41, 5.74) is 0.308. The Balaban J connectivity index is 1.48. The lowest BCUT2D eigenvalue weighted by molar-refractivity contribution is -0.144. The van der Waals surface area contributed by atoms with Crippen LogP contribution < -0.4 is 0 Å². The number of fused-ring (bicyclic) bond motifs is 1. The average Bonchev–Trinajstić information content (AvgIpc) is 3.08. The molecule has 3 atom stereocenters. The summed E-state index contributed by atoms with van der Waals surface area (Å²) in [6.07, 6.45) is 4.32. The highest BCUT2D eigenvalue weighted by Crippen LogP contribution is 2.44. The minimum Gasteiger partial charge on any atom is -0.445 e. The summed E-state index contributed by atoms with van der Waals surface area (Å²) in [7, 11) is 0. The van der Waals surface area contributed by atoms with Gasteiger partial charge in [-0.25, -0.2) is 4.79 Å². The largest absolute Gasteiger partial charge is 0.445 e. The maximum Gasteiger partial charge on any atom is 0.410 e. The zero-order chi connectivity index (χ0) is 15.2. The molecule has 0 aliphatic carbocycles. The predicted molar refractivity (Wildman–Crippen MR) is 78.1 cm³/mol. The summed E-state index contributed by atoms with van der Waals surface area (Å²) in [6.45, 7) is 0.699. The van der Waals surface area contributed by atoms with Crippen LogP contribution in [-0.2, 0) is 20.9 Å². The van der Waals surface area contributed by atoms with Crippen LogP contribution in [0.1, 0.15) is 18.4 Å². The Labute approximate surface area is 128 Å². The second-order valence-electron chi connectivity index (χ2n) is 6.03. The maximum atomic E-state index is 12.4. The minimum absolute atomic E-state index is 0.0652. The number of likely N-dealkylation sites (tertiary alicyclic amines) is 1. The molecule has 4 rings (SSSR count). The highest BCUT2D eigenvalue weighted by Gasteiger charge is 2.58. The summed E-state index contributed by atoms with van der Waals surface area (Å²) in [6, 6.07) is 8.98. The number of carbonyl (C=O) groups is 2. The number of hydrogen-bond acceptors (Lipinski definition) is 4. The first-order valence-corrected chi connectivity index (χ1v) is 7.55. The number of amides is 1. The molecule has 0 aromatic heterocycles. The van der Waals surface area contributed by atoms with Crippen molar-refractivity contribution in [2.45, 2.75) is 37.2 Å². The van der Waals surface area contributed by atoms with E-state index in [0.29, 0.717) is 19.4 Å². The quantitative estimate of drug-likeness (QED) is 0.784. The summed E-state index contributed by atoms with van der Waals surface area (Å²) in [5.74, 6) is 0.0652. The molecule has 2 bridgehead atoms. The van der Waals surface area contributed by atoms with Crippen LogP contribution in [0.15, 0.2) is 42.5 Å². The van der Waals surface area contributed by atoms with Gasteiger partial charge < -0.3 is 9.47 Å². The normalized spacial score (nSPS) is 32.2. The third-order valence-corrected chi connectivity index (χ3v) is 4.63. The molecule has 2 fully saturated rings. The average molecular weight is 299 g/mol. The van der Waals surface area contributed by atoms with Crippen molar-refractivity contribution in [2.75, 3.05) is 6.54 Å². The van der Waals surface area contributed by atoms with E-state index in [1.54, 1.807) is 0 Å². The predicted octanol–water partition coefficient (Wildman–Crippen LogP) is 2.06. The van der Waals surface area contributed by atoms with Gasteiger partial charge in [-0.3, -0.25) is 9.69 Å². The van der Waals surface area contributed by atoms with Gasteiger partial charge in [-0.1, -0.05) is 42.5 Å². The molecular formula is C17H17NO4. The monoisotopic (exact) mass is 299 g/mol. The molecule has 114 valence electrons. The molecule has 2 saturated heterocycles. The summed E-state index contributed by atoms with van der Waals surface area (Å²) < 4.78 is 11.3. The van der Waals surface area contributed by atoms with E-state index in [2.05, 4.69) is 0 Å². The highest BCUT2D eigenvalue weighted by atomic mass is 16.6. The lowest BCUT2D eigenvalue weighted by Crippen LogP contribution is -2.55. The van der Waals surface area contributed by atoms with Gasteiger partial charge in [-0.15, -0.1) is 0 Å². The van der Waals surface area contributed by atoms with Gasteiger partial charge in [0.2, 0.25) is 0 Å². The molecule has 1 aromatic carbocycles.